The Hall–Kier alpha value is -2.10. The lowest BCUT2D eigenvalue weighted by atomic mass is 10.1. The Morgan fingerprint density at radius 2 is 2.00 bits per heavy atom. The quantitative estimate of drug-likeness (QED) is 0.627. The van der Waals surface area contributed by atoms with E-state index >= 15 is 0 Å². The highest BCUT2D eigenvalue weighted by Gasteiger charge is 2.30. The number of hydrogen-bond acceptors (Lipinski definition) is 4. The number of nitrogens with zero attached hydrogens (tertiary/aromatic N) is 1. The summed E-state index contributed by atoms with van der Waals surface area (Å²) in [5, 5.41) is 0. The van der Waals surface area contributed by atoms with Gasteiger partial charge in [0.2, 0.25) is 5.90 Å². The van der Waals surface area contributed by atoms with E-state index in [-0.39, 0.29) is 5.97 Å². The Morgan fingerprint density at radius 1 is 1.29 bits per heavy atom. The largest absolute Gasteiger partial charge is 0.494 e. The third kappa shape index (κ3) is 3.15. The summed E-state index contributed by atoms with van der Waals surface area (Å²) >= 11 is 0. The zero-order valence-corrected chi connectivity index (χ0v) is 12.2. The molecule has 3 rings (SSSR count). The molecule has 0 radical (unpaired) electrons. The van der Waals surface area contributed by atoms with Gasteiger partial charge in [0.05, 0.1) is 6.61 Å². The SMILES string of the molecule is CCOc1ccc(/C=C2/N=C(C3CCCC3)OC2=O)cc1. The van der Waals surface area contributed by atoms with Crippen molar-refractivity contribution >= 4 is 17.9 Å². The number of aliphatic imine (C=N–C) groups is 1. The molecule has 0 N–H and O–H groups in total. The minimum Gasteiger partial charge on any atom is -0.494 e. The lowest BCUT2D eigenvalue weighted by Gasteiger charge is -2.05. The third-order valence-electron chi connectivity index (χ3n) is 3.84. The fourth-order valence-corrected chi connectivity index (χ4v) is 2.76. The first-order valence-corrected chi connectivity index (χ1v) is 7.51. The molecule has 110 valence electrons. The molecule has 1 fully saturated rings. The van der Waals surface area contributed by atoms with E-state index < -0.39 is 0 Å². The number of esters is 1. The van der Waals surface area contributed by atoms with Gasteiger partial charge in [0.25, 0.3) is 0 Å². The van der Waals surface area contributed by atoms with E-state index in [0.29, 0.717) is 24.1 Å². The maximum atomic E-state index is 11.9. The van der Waals surface area contributed by atoms with Crippen LogP contribution in [0.3, 0.4) is 0 Å². The van der Waals surface area contributed by atoms with Gasteiger partial charge in [0.15, 0.2) is 5.70 Å². The summed E-state index contributed by atoms with van der Waals surface area (Å²) in [6.07, 6.45) is 6.29. The summed E-state index contributed by atoms with van der Waals surface area (Å²) < 4.78 is 10.7. The Kier molecular flexibility index (Phi) is 4.04. The van der Waals surface area contributed by atoms with E-state index in [1.54, 1.807) is 6.08 Å². The van der Waals surface area contributed by atoms with Crippen molar-refractivity contribution in [3.8, 4) is 5.75 Å². The highest BCUT2D eigenvalue weighted by molar-refractivity contribution is 6.07. The molecule has 0 spiro atoms. The molecule has 21 heavy (non-hydrogen) atoms. The molecule has 0 unspecified atom stereocenters. The fourth-order valence-electron chi connectivity index (χ4n) is 2.76. The molecule has 0 atom stereocenters. The summed E-state index contributed by atoms with van der Waals surface area (Å²) in [7, 11) is 0. The van der Waals surface area contributed by atoms with Gasteiger partial charge in [-0.05, 0) is 43.5 Å². The Labute approximate surface area is 124 Å². The highest BCUT2D eigenvalue weighted by atomic mass is 16.6. The van der Waals surface area contributed by atoms with E-state index in [1.807, 2.05) is 31.2 Å². The number of cyclic esters (lactones) is 1. The zero-order valence-electron chi connectivity index (χ0n) is 12.2. The van der Waals surface area contributed by atoms with Crippen LogP contribution in [0.2, 0.25) is 0 Å². The number of ether oxygens (including phenoxy) is 2. The van der Waals surface area contributed by atoms with E-state index in [9.17, 15) is 4.79 Å². The van der Waals surface area contributed by atoms with E-state index in [2.05, 4.69) is 4.99 Å². The van der Waals surface area contributed by atoms with Crippen LogP contribution >= 0.6 is 0 Å². The summed E-state index contributed by atoms with van der Waals surface area (Å²) in [6.45, 7) is 2.59. The fraction of sp³-hybridized carbons (Fsp3) is 0.412. The van der Waals surface area contributed by atoms with Crippen LogP contribution < -0.4 is 4.74 Å². The second kappa shape index (κ2) is 6.12. The summed E-state index contributed by atoms with van der Waals surface area (Å²) in [5.74, 6) is 1.41. The van der Waals surface area contributed by atoms with E-state index in [0.717, 1.165) is 24.2 Å². The maximum Gasteiger partial charge on any atom is 0.363 e. The van der Waals surface area contributed by atoms with Gasteiger partial charge in [-0.25, -0.2) is 9.79 Å². The van der Waals surface area contributed by atoms with Crippen molar-refractivity contribution in [3.63, 3.8) is 0 Å². The lowest BCUT2D eigenvalue weighted by molar-refractivity contribution is -0.130. The van der Waals surface area contributed by atoms with Crippen LogP contribution in [-0.2, 0) is 9.53 Å². The average Bonchev–Trinajstić information content (AvgIpc) is 3.12. The van der Waals surface area contributed by atoms with Crippen LogP contribution in [-0.4, -0.2) is 18.5 Å². The number of carbonyl (C=O) groups excluding carboxylic acids is 1. The van der Waals surface area contributed by atoms with Gasteiger partial charge in [0, 0.05) is 5.92 Å². The summed E-state index contributed by atoms with van der Waals surface area (Å²) in [5.41, 5.74) is 1.31. The Balaban J connectivity index is 1.76. The molecule has 1 aliphatic heterocycles. The average molecular weight is 285 g/mol. The van der Waals surface area contributed by atoms with Gasteiger partial charge in [0.1, 0.15) is 5.75 Å². The molecule has 1 aromatic carbocycles. The molecule has 1 aromatic rings. The van der Waals surface area contributed by atoms with Crippen LogP contribution in [0.5, 0.6) is 5.75 Å². The first-order valence-electron chi connectivity index (χ1n) is 7.51. The van der Waals surface area contributed by atoms with Gasteiger partial charge in [-0.1, -0.05) is 25.0 Å². The second-order valence-electron chi connectivity index (χ2n) is 5.35. The molecule has 0 amide bonds. The van der Waals surface area contributed by atoms with Crippen molar-refractivity contribution in [1.29, 1.82) is 0 Å². The minimum atomic E-state index is -0.342. The van der Waals surface area contributed by atoms with Crippen molar-refractivity contribution < 1.29 is 14.3 Å². The highest BCUT2D eigenvalue weighted by Crippen LogP contribution is 2.30. The molecule has 4 heteroatoms. The predicted octanol–water partition coefficient (Wildman–Crippen LogP) is 3.57. The van der Waals surface area contributed by atoms with Crippen molar-refractivity contribution in [2.24, 2.45) is 10.9 Å². The zero-order chi connectivity index (χ0) is 14.7. The maximum absolute atomic E-state index is 11.9. The summed E-state index contributed by atoms with van der Waals surface area (Å²) in [6, 6.07) is 7.60. The van der Waals surface area contributed by atoms with E-state index in [1.165, 1.54) is 12.8 Å². The number of rotatable bonds is 4. The Morgan fingerprint density at radius 3 is 2.67 bits per heavy atom. The molecule has 1 aliphatic carbocycles. The van der Waals surface area contributed by atoms with Crippen molar-refractivity contribution in [3.05, 3.63) is 35.5 Å². The number of benzene rings is 1. The molecule has 0 bridgehead atoms. The van der Waals surface area contributed by atoms with Gasteiger partial charge >= 0.3 is 5.97 Å². The van der Waals surface area contributed by atoms with Gasteiger partial charge in [-0.15, -0.1) is 0 Å². The third-order valence-corrected chi connectivity index (χ3v) is 3.84. The van der Waals surface area contributed by atoms with Crippen LogP contribution in [0.4, 0.5) is 0 Å². The van der Waals surface area contributed by atoms with Gasteiger partial charge in [-0.2, -0.15) is 0 Å². The van der Waals surface area contributed by atoms with Gasteiger partial charge in [-0.3, -0.25) is 0 Å². The summed E-state index contributed by atoms with van der Waals surface area (Å²) in [4.78, 5) is 16.3. The first kappa shape index (κ1) is 13.9. The molecule has 1 heterocycles. The predicted molar refractivity (Wildman–Crippen MR) is 81.1 cm³/mol. The van der Waals surface area contributed by atoms with Crippen LogP contribution in [0.1, 0.15) is 38.2 Å². The monoisotopic (exact) mass is 285 g/mol. The molecular formula is C17H19NO3. The van der Waals surface area contributed by atoms with Gasteiger partial charge < -0.3 is 9.47 Å². The number of hydrogen-bond donors (Lipinski definition) is 0. The smallest absolute Gasteiger partial charge is 0.363 e. The molecule has 4 nitrogen and oxygen atoms in total. The van der Waals surface area contributed by atoms with Crippen molar-refractivity contribution in [1.82, 2.24) is 0 Å². The second-order valence-corrected chi connectivity index (χ2v) is 5.35. The molecule has 2 aliphatic rings. The van der Waals surface area contributed by atoms with Crippen LogP contribution in [0, 0.1) is 5.92 Å². The number of carbonyl (C=O) groups is 1. The molecule has 0 saturated heterocycles. The van der Waals surface area contributed by atoms with Crippen molar-refractivity contribution in [2.45, 2.75) is 32.6 Å². The minimum absolute atomic E-state index is 0.320. The molecule has 1 saturated carbocycles. The molecule has 0 aromatic heterocycles. The van der Waals surface area contributed by atoms with Crippen LogP contribution in [0.25, 0.3) is 6.08 Å². The standard InChI is InChI=1S/C17H19NO3/c1-2-20-14-9-7-12(8-10-14)11-15-17(19)21-16(18-15)13-5-3-4-6-13/h7-11,13H,2-6H2,1H3/b15-11+. The van der Waals surface area contributed by atoms with Crippen molar-refractivity contribution in [2.75, 3.05) is 6.61 Å². The topological polar surface area (TPSA) is 47.9 Å². The Bertz CT molecular complexity index is 581. The normalized spacial score (nSPS) is 20.7. The van der Waals surface area contributed by atoms with Crippen LogP contribution in [0.15, 0.2) is 35.0 Å². The molecular weight excluding hydrogens is 266 g/mol. The van der Waals surface area contributed by atoms with E-state index in [4.69, 9.17) is 9.47 Å². The lowest BCUT2D eigenvalue weighted by Crippen LogP contribution is -2.12. The first-order chi connectivity index (χ1) is 10.3.